The summed E-state index contributed by atoms with van der Waals surface area (Å²) in [5.41, 5.74) is 1.07. The first kappa shape index (κ1) is 28.9. The molecule has 0 unspecified atom stereocenters. The topological polar surface area (TPSA) is 71.8 Å². The van der Waals surface area contributed by atoms with Gasteiger partial charge in [0.1, 0.15) is 10.7 Å². The summed E-state index contributed by atoms with van der Waals surface area (Å²) >= 11 is 1.43. The minimum absolute atomic E-state index is 0.0379. The van der Waals surface area contributed by atoms with E-state index < -0.39 is 23.3 Å². The summed E-state index contributed by atoms with van der Waals surface area (Å²) in [5, 5.41) is 10.0. The number of nitrogens with zero attached hydrogens (tertiary/aromatic N) is 2. The first-order valence-electron chi connectivity index (χ1n) is 11.1. The van der Waals surface area contributed by atoms with Crippen molar-refractivity contribution in [2.24, 2.45) is 4.99 Å². The third-order valence-electron chi connectivity index (χ3n) is 5.39. The normalized spacial score (nSPS) is 13.8. The maximum Gasteiger partial charge on any atom is 0.416 e. The zero-order chi connectivity index (χ0) is 27.3. The average Bonchev–Trinajstić information content (AvgIpc) is 3.19. The van der Waals surface area contributed by atoms with Crippen molar-refractivity contribution in [1.82, 2.24) is 4.98 Å². The van der Waals surface area contributed by atoms with Crippen LogP contribution >= 0.6 is 11.3 Å². The summed E-state index contributed by atoms with van der Waals surface area (Å²) < 4.78 is 44.1. The zero-order valence-corrected chi connectivity index (χ0v) is 21.9. The number of aryl methyl sites for hydroxylation is 2. The Hall–Kier alpha value is -3.38. The van der Waals surface area contributed by atoms with Gasteiger partial charge in [0.2, 0.25) is 5.60 Å². The van der Waals surface area contributed by atoms with Crippen LogP contribution in [0, 0.1) is 19.3 Å². The number of ether oxygens (including phenoxy) is 1. The van der Waals surface area contributed by atoms with Crippen molar-refractivity contribution in [1.29, 1.82) is 0 Å². The van der Waals surface area contributed by atoms with Crippen molar-refractivity contribution in [2.75, 3.05) is 0 Å². The van der Waals surface area contributed by atoms with E-state index in [1.165, 1.54) is 37.3 Å². The SMILES string of the molecule is C#C/C(OC(C)(C)C(=O)O)=C(N=C(C)CCc1sc(-c2ccc(C(F)(F)F)cc2)nc1C)\C(C)=C/C. The lowest BCUT2D eigenvalue weighted by atomic mass is 10.1. The number of allylic oxidation sites excluding steroid dienone is 3. The minimum Gasteiger partial charge on any atom is -0.478 e. The molecule has 192 valence electrons. The van der Waals surface area contributed by atoms with Gasteiger partial charge < -0.3 is 9.84 Å². The van der Waals surface area contributed by atoms with Crippen LogP contribution in [0.2, 0.25) is 0 Å². The highest BCUT2D eigenvalue weighted by Crippen LogP contribution is 2.33. The van der Waals surface area contributed by atoms with Gasteiger partial charge in [-0.3, -0.25) is 4.99 Å². The monoisotopic (exact) mass is 518 g/mol. The van der Waals surface area contributed by atoms with E-state index in [-0.39, 0.29) is 5.76 Å². The van der Waals surface area contributed by atoms with E-state index >= 15 is 0 Å². The Labute approximate surface area is 213 Å². The lowest BCUT2D eigenvalue weighted by Crippen LogP contribution is -2.34. The van der Waals surface area contributed by atoms with Gasteiger partial charge in [-0.25, -0.2) is 9.78 Å². The number of halogens is 3. The Morgan fingerprint density at radius 3 is 2.36 bits per heavy atom. The molecule has 2 aromatic rings. The van der Waals surface area contributed by atoms with Crippen molar-refractivity contribution < 1.29 is 27.8 Å². The molecule has 0 saturated carbocycles. The van der Waals surface area contributed by atoms with E-state index in [9.17, 15) is 23.1 Å². The second-order valence-electron chi connectivity index (χ2n) is 8.66. The second-order valence-corrected chi connectivity index (χ2v) is 9.74. The Kier molecular flexibility index (Phi) is 9.27. The average molecular weight is 519 g/mol. The van der Waals surface area contributed by atoms with Crippen molar-refractivity contribution in [2.45, 2.75) is 66.2 Å². The lowest BCUT2D eigenvalue weighted by Gasteiger charge is -2.22. The standard InChI is InChI=1S/C27H29F3N2O3S/c1-8-16(3)23(21(9-2)35-26(6,7)25(33)34)31-17(4)10-15-22-18(5)32-24(36-22)19-11-13-20(14-12-19)27(28,29)30/h2,8,11-14H,10,15H2,1,3-7H3,(H,33,34)/b16-8-,23-21-,31-17?. The van der Waals surface area contributed by atoms with Crippen molar-refractivity contribution >= 4 is 23.0 Å². The number of aliphatic carboxylic acids is 1. The number of rotatable bonds is 9. The van der Waals surface area contributed by atoms with E-state index in [2.05, 4.69) is 15.9 Å². The molecule has 0 atom stereocenters. The molecule has 1 heterocycles. The van der Waals surface area contributed by atoms with Gasteiger partial charge in [0, 0.05) is 16.2 Å². The number of carbonyl (C=O) groups is 1. The van der Waals surface area contributed by atoms with E-state index in [4.69, 9.17) is 11.2 Å². The number of hydrogen-bond acceptors (Lipinski definition) is 5. The van der Waals surface area contributed by atoms with Crippen LogP contribution in [0.25, 0.3) is 10.6 Å². The fraction of sp³-hybridized carbons (Fsp3) is 0.370. The highest BCUT2D eigenvalue weighted by Gasteiger charge is 2.31. The van der Waals surface area contributed by atoms with Gasteiger partial charge in [0.15, 0.2) is 5.76 Å². The van der Waals surface area contributed by atoms with Crippen LogP contribution in [-0.2, 0) is 22.1 Å². The number of aliphatic imine (C=N–C) groups is 1. The molecule has 0 saturated heterocycles. The molecule has 0 spiro atoms. The molecule has 0 aliphatic heterocycles. The van der Waals surface area contributed by atoms with E-state index in [0.717, 1.165) is 34.0 Å². The summed E-state index contributed by atoms with van der Waals surface area (Å²) in [6.45, 7) is 10.1. The number of hydrogen-bond donors (Lipinski definition) is 1. The summed E-state index contributed by atoms with van der Waals surface area (Å²) in [7, 11) is 0. The number of aromatic nitrogens is 1. The smallest absolute Gasteiger partial charge is 0.416 e. The van der Waals surface area contributed by atoms with Gasteiger partial charge in [-0.2, -0.15) is 13.2 Å². The molecule has 2 rings (SSSR count). The van der Waals surface area contributed by atoms with Crippen molar-refractivity contribution in [3.63, 3.8) is 0 Å². The van der Waals surface area contributed by atoms with Gasteiger partial charge in [-0.15, -0.1) is 17.8 Å². The fourth-order valence-corrected chi connectivity index (χ4v) is 4.09. The maximum absolute atomic E-state index is 12.8. The predicted molar refractivity (Wildman–Crippen MR) is 137 cm³/mol. The fourth-order valence-electron chi connectivity index (χ4n) is 3.03. The summed E-state index contributed by atoms with van der Waals surface area (Å²) in [6, 6.07) is 4.95. The Bertz CT molecular complexity index is 1240. The summed E-state index contributed by atoms with van der Waals surface area (Å²) in [4.78, 5) is 21.7. The van der Waals surface area contributed by atoms with Crippen LogP contribution in [-0.4, -0.2) is 27.4 Å². The molecular formula is C27H29F3N2O3S. The predicted octanol–water partition coefficient (Wildman–Crippen LogP) is 7.22. The van der Waals surface area contributed by atoms with Gasteiger partial charge in [-0.1, -0.05) is 18.2 Å². The molecule has 1 N–H and O–H groups in total. The molecule has 0 bridgehead atoms. The molecule has 1 aromatic heterocycles. The van der Waals surface area contributed by atoms with Crippen LogP contribution in [0.3, 0.4) is 0 Å². The largest absolute Gasteiger partial charge is 0.478 e. The summed E-state index contributed by atoms with van der Waals surface area (Å²) in [6.07, 6.45) is 4.25. The minimum atomic E-state index is -4.38. The number of terminal acetylenes is 1. The summed E-state index contributed by atoms with van der Waals surface area (Å²) in [5.74, 6) is 1.30. The van der Waals surface area contributed by atoms with Crippen LogP contribution < -0.4 is 0 Å². The van der Waals surface area contributed by atoms with Crippen LogP contribution in [0.1, 0.15) is 57.2 Å². The lowest BCUT2D eigenvalue weighted by molar-refractivity contribution is -0.156. The second kappa shape index (κ2) is 11.6. The quantitative estimate of drug-likeness (QED) is 0.165. The number of carboxylic acid groups (broad SMARTS) is 1. The molecule has 5 nitrogen and oxygen atoms in total. The molecule has 0 amide bonds. The van der Waals surface area contributed by atoms with Gasteiger partial charge in [-0.05, 0) is 78.0 Å². The van der Waals surface area contributed by atoms with Crippen LogP contribution in [0.4, 0.5) is 13.2 Å². The molecule has 0 aliphatic rings. The molecule has 36 heavy (non-hydrogen) atoms. The highest BCUT2D eigenvalue weighted by atomic mass is 32.1. The Morgan fingerprint density at radius 2 is 1.86 bits per heavy atom. The van der Waals surface area contributed by atoms with Crippen molar-refractivity contribution in [3.05, 3.63) is 63.5 Å². The van der Waals surface area contributed by atoms with Gasteiger partial charge in [0.25, 0.3) is 0 Å². The number of carboxylic acids is 1. The van der Waals surface area contributed by atoms with Crippen molar-refractivity contribution in [3.8, 4) is 22.9 Å². The Morgan fingerprint density at radius 1 is 1.25 bits per heavy atom. The van der Waals surface area contributed by atoms with E-state index in [0.29, 0.717) is 29.1 Å². The molecule has 0 fully saturated rings. The first-order chi connectivity index (χ1) is 16.7. The molecular weight excluding hydrogens is 489 g/mol. The molecule has 9 heteroatoms. The first-order valence-corrected chi connectivity index (χ1v) is 12.0. The number of thiazole rings is 1. The molecule has 1 aromatic carbocycles. The van der Waals surface area contributed by atoms with Gasteiger partial charge >= 0.3 is 12.1 Å². The van der Waals surface area contributed by atoms with E-state index in [1.807, 2.05) is 33.8 Å². The van der Waals surface area contributed by atoms with Crippen LogP contribution in [0.15, 0.2) is 52.4 Å². The third kappa shape index (κ3) is 7.31. The van der Waals surface area contributed by atoms with E-state index in [1.54, 1.807) is 0 Å². The highest BCUT2D eigenvalue weighted by molar-refractivity contribution is 7.15. The molecule has 0 radical (unpaired) electrons. The maximum atomic E-state index is 12.8. The van der Waals surface area contributed by atoms with Crippen LogP contribution in [0.5, 0.6) is 0 Å². The van der Waals surface area contributed by atoms with Gasteiger partial charge in [0.05, 0.1) is 11.3 Å². The molecule has 0 aliphatic carbocycles. The number of alkyl halides is 3. The third-order valence-corrected chi connectivity index (χ3v) is 6.66. The zero-order valence-electron chi connectivity index (χ0n) is 21.1. The number of benzene rings is 1. The Balaban J connectivity index is 2.27.